The van der Waals surface area contributed by atoms with Gasteiger partial charge in [0.2, 0.25) is 5.89 Å². The van der Waals surface area contributed by atoms with E-state index in [4.69, 9.17) is 4.42 Å². The molecule has 11 heavy (non-hydrogen) atoms. The van der Waals surface area contributed by atoms with E-state index in [1.165, 1.54) is 0 Å². The van der Waals surface area contributed by atoms with Crippen LogP contribution in [0.3, 0.4) is 0 Å². The molecule has 0 unspecified atom stereocenters. The Hall–Kier alpha value is -0.870. The van der Waals surface area contributed by atoms with E-state index >= 15 is 0 Å². The summed E-state index contributed by atoms with van der Waals surface area (Å²) in [5, 5.41) is 6.16. The molecule has 0 saturated heterocycles. The summed E-state index contributed by atoms with van der Waals surface area (Å²) in [5.41, 5.74) is 1.07. The minimum absolute atomic E-state index is 0.715. The first-order valence-electron chi connectivity index (χ1n) is 3.73. The van der Waals surface area contributed by atoms with Gasteiger partial charge in [-0.1, -0.05) is 0 Å². The summed E-state index contributed by atoms with van der Waals surface area (Å²) in [7, 11) is 1.88. The minimum atomic E-state index is 0.715. The van der Waals surface area contributed by atoms with Gasteiger partial charge in [-0.15, -0.1) is 0 Å². The van der Waals surface area contributed by atoms with E-state index in [1.54, 1.807) is 0 Å². The highest BCUT2D eigenvalue weighted by Crippen LogP contribution is 2.15. The Bertz CT molecular complexity index is 235. The molecule has 0 aliphatic carbocycles. The monoisotopic (exact) mass is 153 g/mol. The number of aromatic nitrogens is 1. The molecule has 0 atom stereocenters. The Labute approximate surface area is 65.0 Å². The lowest BCUT2D eigenvalue weighted by atomic mass is 10.4. The summed E-state index contributed by atoms with van der Waals surface area (Å²) in [6, 6.07) is 0. The fourth-order valence-electron chi connectivity index (χ4n) is 1.23. The predicted molar refractivity (Wildman–Crippen MR) is 39.8 cm³/mol. The van der Waals surface area contributed by atoms with Crippen molar-refractivity contribution in [1.29, 1.82) is 0 Å². The van der Waals surface area contributed by atoms with Crippen LogP contribution in [-0.4, -0.2) is 12.0 Å². The summed E-state index contributed by atoms with van der Waals surface area (Å²) < 4.78 is 5.43. The molecule has 0 saturated carbocycles. The zero-order valence-corrected chi connectivity index (χ0v) is 6.48. The van der Waals surface area contributed by atoms with Gasteiger partial charge in [-0.25, -0.2) is 4.98 Å². The van der Waals surface area contributed by atoms with Crippen LogP contribution >= 0.6 is 0 Å². The Balaban J connectivity index is 2.20. The summed E-state index contributed by atoms with van der Waals surface area (Å²) in [5.74, 6) is 1.79. The average molecular weight is 153 g/mol. The second kappa shape index (κ2) is 2.64. The molecule has 1 aromatic rings. The van der Waals surface area contributed by atoms with E-state index in [1.807, 2.05) is 7.05 Å². The SMILES string of the molecule is CNCc1nc2c(o1)CNC2. The molecule has 4 nitrogen and oxygen atoms in total. The van der Waals surface area contributed by atoms with Gasteiger partial charge in [0.25, 0.3) is 0 Å². The molecule has 0 amide bonds. The maximum absolute atomic E-state index is 5.43. The zero-order chi connectivity index (χ0) is 7.68. The summed E-state index contributed by atoms with van der Waals surface area (Å²) in [6.45, 7) is 2.39. The smallest absolute Gasteiger partial charge is 0.208 e. The van der Waals surface area contributed by atoms with Gasteiger partial charge in [0.05, 0.1) is 18.8 Å². The highest BCUT2D eigenvalue weighted by atomic mass is 16.4. The zero-order valence-electron chi connectivity index (χ0n) is 6.48. The highest BCUT2D eigenvalue weighted by Gasteiger charge is 2.16. The molecule has 0 radical (unpaired) electrons. The Kier molecular flexibility index (Phi) is 1.63. The van der Waals surface area contributed by atoms with Crippen molar-refractivity contribution in [1.82, 2.24) is 15.6 Å². The van der Waals surface area contributed by atoms with Crippen LogP contribution < -0.4 is 10.6 Å². The quantitative estimate of drug-likeness (QED) is 0.627. The van der Waals surface area contributed by atoms with Crippen molar-refractivity contribution < 1.29 is 4.42 Å². The van der Waals surface area contributed by atoms with Gasteiger partial charge in [0, 0.05) is 6.54 Å². The molecule has 0 aromatic carbocycles. The number of fused-ring (bicyclic) bond motifs is 1. The van der Waals surface area contributed by atoms with Crippen LogP contribution in [0.25, 0.3) is 0 Å². The average Bonchev–Trinajstić information content (AvgIpc) is 2.46. The van der Waals surface area contributed by atoms with Gasteiger partial charge in [-0.3, -0.25) is 0 Å². The van der Waals surface area contributed by atoms with Crippen LogP contribution in [0.4, 0.5) is 0 Å². The molecule has 0 fully saturated rings. The summed E-state index contributed by atoms with van der Waals surface area (Å²) in [4.78, 5) is 4.29. The van der Waals surface area contributed by atoms with Gasteiger partial charge < -0.3 is 15.1 Å². The first-order valence-corrected chi connectivity index (χ1v) is 3.73. The molecule has 4 heteroatoms. The van der Waals surface area contributed by atoms with Crippen molar-refractivity contribution in [3.05, 3.63) is 17.3 Å². The maximum atomic E-state index is 5.43. The van der Waals surface area contributed by atoms with Crippen molar-refractivity contribution >= 4 is 0 Å². The van der Waals surface area contributed by atoms with Crippen molar-refractivity contribution in [2.24, 2.45) is 0 Å². The van der Waals surface area contributed by atoms with E-state index < -0.39 is 0 Å². The largest absolute Gasteiger partial charge is 0.443 e. The normalized spacial score (nSPS) is 15.4. The fraction of sp³-hybridized carbons (Fsp3) is 0.571. The predicted octanol–water partition coefficient (Wildman–Crippen LogP) is -0.00280. The third-order valence-corrected chi connectivity index (χ3v) is 1.73. The minimum Gasteiger partial charge on any atom is -0.443 e. The molecule has 1 aliphatic rings. The molecule has 60 valence electrons. The van der Waals surface area contributed by atoms with E-state index in [0.717, 1.165) is 30.4 Å². The van der Waals surface area contributed by atoms with E-state index in [-0.39, 0.29) is 0 Å². The Morgan fingerprint density at radius 3 is 3.27 bits per heavy atom. The number of hydrogen-bond donors (Lipinski definition) is 2. The second-order valence-electron chi connectivity index (χ2n) is 2.61. The van der Waals surface area contributed by atoms with Crippen LogP contribution in [0.2, 0.25) is 0 Å². The van der Waals surface area contributed by atoms with E-state index in [9.17, 15) is 0 Å². The lowest BCUT2D eigenvalue weighted by molar-refractivity contribution is 0.439. The Morgan fingerprint density at radius 2 is 2.55 bits per heavy atom. The second-order valence-corrected chi connectivity index (χ2v) is 2.61. The number of rotatable bonds is 2. The van der Waals surface area contributed by atoms with Crippen molar-refractivity contribution in [2.45, 2.75) is 19.6 Å². The molecule has 0 bridgehead atoms. The molecule has 1 aromatic heterocycles. The maximum Gasteiger partial charge on any atom is 0.208 e. The third-order valence-electron chi connectivity index (χ3n) is 1.73. The first kappa shape index (κ1) is 6.82. The van der Waals surface area contributed by atoms with Crippen molar-refractivity contribution in [2.75, 3.05) is 7.05 Å². The molecular formula is C7H11N3O. The van der Waals surface area contributed by atoms with Gasteiger partial charge in [0.15, 0.2) is 0 Å². The lowest BCUT2D eigenvalue weighted by Crippen LogP contribution is -2.07. The third kappa shape index (κ3) is 1.15. The standard InChI is InChI=1S/C7H11N3O/c1-8-4-7-10-5-2-9-3-6(5)11-7/h8-9H,2-4H2,1H3. The fourth-order valence-corrected chi connectivity index (χ4v) is 1.23. The molecule has 2 heterocycles. The number of oxazole rings is 1. The Morgan fingerprint density at radius 1 is 1.64 bits per heavy atom. The van der Waals surface area contributed by atoms with Crippen LogP contribution in [0.15, 0.2) is 4.42 Å². The topological polar surface area (TPSA) is 50.1 Å². The van der Waals surface area contributed by atoms with Crippen molar-refractivity contribution in [3.8, 4) is 0 Å². The number of nitrogens with zero attached hydrogens (tertiary/aromatic N) is 1. The molecule has 1 aliphatic heterocycles. The van der Waals surface area contributed by atoms with Crippen LogP contribution in [0.5, 0.6) is 0 Å². The van der Waals surface area contributed by atoms with Crippen LogP contribution in [0, 0.1) is 0 Å². The van der Waals surface area contributed by atoms with Gasteiger partial charge in [0.1, 0.15) is 5.76 Å². The molecule has 2 N–H and O–H groups in total. The number of nitrogens with one attached hydrogen (secondary N) is 2. The van der Waals surface area contributed by atoms with Crippen LogP contribution in [-0.2, 0) is 19.6 Å². The molecular weight excluding hydrogens is 142 g/mol. The summed E-state index contributed by atoms with van der Waals surface area (Å²) >= 11 is 0. The van der Waals surface area contributed by atoms with Crippen LogP contribution in [0.1, 0.15) is 17.3 Å². The highest BCUT2D eigenvalue weighted by molar-refractivity contribution is 5.13. The molecule has 2 rings (SSSR count). The van der Waals surface area contributed by atoms with Crippen molar-refractivity contribution in [3.63, 3.8) is 0 Å². The lowest BCUT2D eigenvalue weighted by Gasteiger charge is -1.92. The van der Waals surface area contributed by atoms with E-state index in [0.29, 0.717) is 6.54 Å². The van der Waals surface area contributed by atoms with E-state index in [2.05, 4.69) is 15.6 Å². The number of hydrogen-bond acceptors (Lipinski definition) is 4. The van der Waals surface area contributed by atoms with Gasteiger partial charge in [-0.2, -0.15) is 0 Å². The first-order chi connectivity index (χ1) is 5.40. The molecule has 0 spiro atoms. The summed E-state index contributed by atoms with van der Waals surface area (Å²) in [6.07, 6.45) is 0. The van der Waals surface area contributed by atoms with Gasteiger partial charge in [-0.05, 0) is 7.05 Å². The van der Waals surface area contributed by atoms with Gasteiger partial charge >= 0.3 is 0 Å².